The molecule has 1 unspecified atom stereocenters. The van der Waals surface area contributed by atoms with Gasteiger partial charge in [0.05, 0.1) is 18.2 Å². The number of carbonyl (C=O) groups is 2. The third kappa shape index (κ3) is 4.47. The fourth-order valence-electron chi connectivity index (χ4n) is 2.02. The molecule has 0 aliphatic carbocycles. The van der Waals surface area contributed by atoms with Gasteiger partial charge in [0.15, 0.2) is 0 Å². The van der Waals surface area contributed by atoms with Crippen molar-refractivity contribution in [3.63, 3.8) is 0 Å². The number of anilines is 1. The fraction of sp³-hybridized carbons (Fsp3) is 0.176. The van der Waals surface area contributed by atoms with Crippen LogP contribution >= 0.6 is 11.6 Å². The molecule has 120 valence electrons. The van der Waals surface area contributed by atoms with Crippen molar-refractivity contribution in [3.05, 3.63) is 59.1 Å². The van der Waals surface area contributed by atoms with Crippen molar-refractivity contribution in [2.75, 3.05) is 12.4 Å². The Labute approximate surface area is 139 Å². The van der Waals surface area contributed by atoms with Crippen LogP contribution in [0.1, 0.15) is 18.5 Å². The number of nitrogens with one attached hydrogen (secondary N) is 2. The lowest BCUT2D eigenvalue weighted by Gasteiger charge is -2.14. The monoisotopic (exact) mass is 332 g/mol. The quantitative estimate of drug-likeness (QED) is 0.845. The van der Waals surface area contributed by atoms with E-state index in [1.54, 1.807) is 12.1 Å². The lowest BCUT2D eigenvalue weighted by atomic mass is 10.1. The first-order chi connectivity index (χ1) is 11.0. The van der Waals surface area contributed by atoms with E-state index in [1.807, 2.05) is 37.3 Å². The minimum atomic E-state index is -0.756. The molecule has 0 aromatic heterocycles. The van der Waals surface area contributed by atoms with E-state index in [4.69, 9.17) is 16.3 Å². The van der Waals surface area contributed by atoms with Gasteiger partial charge in [0.25, 0.3) is 0 Å². The minimum Gasteiger partial charge on any atom is -0.495 e. The molecule has 2 amide bonds. The van der Waals surface area contributed by atoms with Crippen LogP contribution in [0.4, 0.5) is 5.69 Å². The summed E-state index contributed by atoms with van der Waals surface area (Å²) in [5.41, 5.74) is 1.34. The average Bonchev–Trinajstić information content (AvgIpc) is 2.55. The maximum atomic E-state index is 12.0. The molecule has 0 radical (unpaired) electrons. The predicted octanol–water partition coefficient (Wildman–Crippen LogP) is 3.16. The Balaban J connectivity index is 1.97. The summed E-state index contributed by atoms with van der Waals surface area (Å²) in [6.45, 7) is 1.81. The smallest absolute Gasteiger partial charge is 0.313 e. The third-order valence-corrected chi connectivity index (χ3v) is 3.56. The highest BCUT2D eigenvalue weighted by Gasteiger charge is 2.17. The van der Waals surface area contributed by atoms with Crippen molar-refractivity contribution in [1.82, 2.24) is 5.32 Å². The van der Waals surface area contributed by atoms with Crippen molar-refractivity contribution < 1.29 is 14.3 Å². The molecule has 6 heteroatoms. The zero-order valence-electron chi connectivity index (χ0n) is 12.8. The first-order valence-corrected chi connectivity index (χ1v) is 7.39. The van der Waals surface area contributed by atoms with E-state index in [2.05, 4.69) is 10.6 Å². The Bertz CT molecular complexity index is 704. The van der Waals surface area contributed by atoms with E-state index in [0.717, 1.165) is 5.56 Å². The molecule has 0 bridgehead atoms. The van der Waals surface area contributed by atoms with Crippen molar-refractivity contribution in [2.45, 2.75) is 13.0 Å². The molecule has 0 saturated heterocycles. The number of halogens is 1. The maximum absolute atomic E-state index is 12.0. The molecule has 1 atom stereocenters. The number of amides is 2. The summed E-state index contributed by atoms with van der Waals surface area (Å²) in [4.78, 5) is 23.9. The van der Waals surface area contributed by atoms with Gasteiger partial charge in [-0.05, 0) is 30.7 Å². The molecule has 0 saturated carbocycles. The minimum absolute atomic E-state index is 0.270. The fourth-order valence-corrected chi connectivity index (χ4v) is 2.28. The highest BCUT2D eigenvalue weighted by atomic mass is 35.5. The van der Waals surface area contributed by atoms with E-state index in [0.29, 0.717) is 16.5 Å². The van der Waals surface area contributed by atoms with Gasteiger partial charge in [-0.1, -0.05) is 41.9 Å². The molecule has 0 fully saturated rings. The van der Waals surface area contributed by atoms with E-state index >= 15 is 0 Å². The number of rotatable bonds is 4. The van der Waals surface area contributed by atoms with Gasteiger partial charge in [-0.2, -0.15) is 0 Å². The van der Waals surface area contributed by atoms with Crippen LogP contribution in [0.3, 0.4) is 0 Å². The van der Waals surface area contributed by atoms with Gasteiger partial charge >= 0.3 is 11.8 Å². The van der Waals surface area contributed by atoms with Crippen molar-refractivity contribution in [3.8, 4) is 5.75 Å². The summed E-state index contributed by atoms with van der Waals surface area (Å²) in [6, 6.07) is 13.9. The summed E-state index contributed by atoms with van der Waals surface area (Å²) in [5.74, 6) is -0.978. The van der Waals surface area contributed by atoms with E-state index in [-0.39, 0.29) is 6.04 Å². The number of methoxy groups -OCH3 is 1. The number of carbonyl (C=O) groups excluding carboxylic acids is 2. The maximum Gasteiger partial charge on any atom is 0.313 e. The van der Waals surface area contributed by atoms with Crippen LogP contribution in [0.5, 0.6) is 5.75 Å². The van der Waals surface area contributed by atoms with Crippen LogP contribution in [-0.4, -0.2) is 18.9 Å². The van der Waals surface area contributed by atoms with Crippen LogP contribution in [0.15, 0.2) is 48.5 Å². The zero-order chi connectivity index (χ0) is 16.8. The highest BCUT2D eigenvalue weighted by Crippen LogP contribution is 2.27. The molecule has 5 nitrogen and oxygen atoms in total. The second-order valence-electron chi connectivity index (χ2n) is 4.91. The van der Waals surface area contributed by atoms with E-state index in [9.17, 15) is 9.59 Å². The Morgan fingerprint density at radius 2 is 1.78 bits per heavy atom. The van der Waals surface area contributed by atoms with Gasteiger partial charge in [0, 0.05) is 5.69 Å². The van der Waals surface area contributed by atoms with E-state index in [1.165, 1.54) is 13.2 Å². The Hall–Kier alpha value is -2.53. The molecule has 0 spiro atoms. The van der Waals surface area contributed by atoms with E-state index < -0.39 is 11.8 Å². The number of hydrogen-bond acceptors (Lipinski definition) is 3. The number of hydrogen-bond donors (Lipinski definition) is 2. The lowest BCUT2D eigenvalue weighted by molar-refractivity contribution is -0.136. The average molecular weight is 333 g/mol. The van der Waals surface area contributed by atoms with Crippen LogP contribution < -0.4 is 15.4 Å². The lowest BCUT2D eigenvalue weighted by Crippen LogP contribution is -2.36. The molecule has 2 aromatic carbocycles. The standard InChI is InChI=1S/C17H17ClN2O3/c1-11(12-6-4-3-5-7-12)19-16(21)17(22)20-13-8-9-15(23-2)14(18)10-13/h3-11H,1-2H3,(H,19,21)(H,20,22). The molecule has 23 heavy (non-hydrogen) atoms. The van der Waals surface area contributed by atoms with Crippen molar-refractivity contribution in [2.24, 2.45) is 0 Å². The SMILES string of the molecule is COc1ccc(NC(=O)C(=O)NC(C)c2ccccc2)cc1Cl. The predicted molar refractivity (Wildman–Crippen MR) is 89.6 cm³/mol. The van der Waals surface area contributed by atoms with Gasteiger partial charge in [-0.25, -0.2) is 0 Å². The largest absolute Gasteiger partial charge is 0.495 e. The highest BCUT2D eigenvalue weighted by molar-refractivity contribution is 6.40. The normalized spacial score (nSPS) is 11.4. The molecule has 2 N–H and O–H groups in total. The Kier molecular flexibility index (Phi) is 5.60. The first-order valence-electron chi connectivity index (χ1n) is 7.01. The number of benzene rings is 2. The Morgan fingerprint density at radius 3 is 2.39 bits per heavy atom. The van der Waals surface area contributed by atoms with Gasteiger partial charge in [-0.15, -0.1) is 0 Å². The summed E-state index contributed by atoms with van der Waals surface area (Å²) in [7, 11) is 1.50. The van der Waals surface area contributed by atoms with Crippen LogP contribution in [-0.2, 0) is 9.59 Å². The second kappa shape index (κ2) is 7.65. The van der Waals surface area contributed by atoms with Gasteiger partial charge < -0.3 is 15.4 Å². The summed E-state index contributed by atoms with van der Waals surface area (Å²) < 4.78 is 5.03. The molecule has 2 aromatic rings. The van der Waals surface area contributed by atoms with Gasteiger partial charge in [0.2, 0.25) is 0 Å². The number of ether oxygens (including phenoxy) is 1. The zero-order valence-corrected chi connectivity index (χ0v) is 13.6. The molecule has 0 heterocycles. The molecular formula is C17H17ClN2O3. The summed E-state index contributed by atoms with van der Waals surface area (Å²) >= 11 is 5.98. The molecular weight excluding hydrogens is 316 g/mol. The van der Waals surface area contributed by atoms with Gasteiger partial charge in [0.1, 0.15) is 5.75 Å². The van der Waals surface area contributed by atoms with Gasteiger partial charge in [-0.3, -0.25) is 9.59 Å². The summed E-state index contributed by atoms with van der Waals surface area (Å²) in [6.07, 6.45) is 0. The van der Waals surface area contributed by atoms with Crippen molar-refractivity contribution >= 4 is 29.1 Å². The van der Waals surface area contributed by atoms with Crippen LogP contribution in [0, 0.1) is 0 Å². The molecule has 0 aliphatic rings. The second-order valence-corrected chi connectivity index (χ2v) is 5.32. The molecule has 0 aliphatic heterocycles. The Morgan fingerprint density at radius 1 is 1.09 bits per heavy atom. The van der Waals surface area contributed by atoms with Crippen molar-refractivity contribution in [1.29, 1.82) is 0 Å². The summed E-state index contributed by atoms with van der Waals surface area (Å²) in [5, 5.41) is 5.49. The third-order valence-electron chi connectivity index (χ3n) is 3.26. The van der Waals surface area contributed by atoms with Crippen LogP contribution in [0.2, 0.25) is 5.02 Å². The molecule has 2 rings (SSSR count). The topological polar surface area (TPSA) is 67.4 Å². The first kappa shape index (κ1) is 16.8. The van der Waals surface area contributed by atoms with Crippen LogP contribution in [0.25, 0.3) is 0 Å².